The summed E-state index contributed by atoms with van der Waals surface area (Å²) in [7, 11) is 0. The Labute approximate surface area is 125 Å². The molecule has 0 unspecified atom stereocenters. The first kappa shape index (κ1) is 15.3. The molecule has 0 saturated carbocycles. The average Bonchev–Trinajstić information content (AvgIpc) is 2.86. The Balaban J connectivity index is 1.97. The van der Waals surface area contributed by atoms with Gasteiger partial charge in [0.25, 0.3) is 0 Å². The largest absolute Gasteiger partial charge is 0.324 e. The van der Waals surface area contributed by atoms with Crippen LogP contribution in [0, 0.1) is 6.92 Å². The van der Waals surface area contributed by atoms with E-state index in [-0.39, 0.29) is 12.5 Å². The average molecular weight is 286 g/mol. The minimum absolute atomic E-state index is 0.0481. The molecule has 0 aliphatic heterocycles. The van der Waals surface area contributed by atoms with Crippen molar-refractivity contribution in [1.29, 1.82) is 0 Å². The predicted molar refractivity (Wildman–Crippen MR) is 84.0 cm³/mol. The van der Waals surface area contributed by atoms with Gasteiger partial charge in [-0.2, -0.15) is 0 Å². The second kappa shape index (κ2) is 7.04. The van der Waals surface area contributed by atoms with Crippen molar-refractivity contribution < 1.29 is 4.79 Å². The fraction of sp³-hybridized carbons (Fsp3) is 0.375. The SMILES string of the molecule is Cc1ccccc1NC(=O)Cn1ccnc1CNC(C)C. The van der Waals surface area contributed by atoms with Crippen LogP contribution in [-0.4, -0.2) is 21.5 Å². The van der Waals surface area contributed by atoms with Gasteiger partial charge < -0.3 is 15.2 Å². The minimum Gasteiger partial charge on any atom is -0.324 e. The minimum atomic E-state index is -0.0481. The van der Waals surface area contributed by atoms with Gasteiger partial charge in [0.05, 0.1) is 6.54 Å². The van der Waals surface area contributed by atoms with Gasteiger partial charge in [-0.15, -0.1) is 0 Å². The van der Waals surface area contributed by atoms with Crippen LogP contribution in [0.15, 0.2) is 36.7 Å². The van der Waals surface area contributed by atoms with Crippen molar-refractivity contribution in [3.05, 3.63) is 48.0 Å². The fourth-order valence-corrected chi connectivity index (χ4v) is 2.00. The van der Waals surface area contributed by atoms with E-state index in [1.807, 2.05) is 42.0 Å². The molecule has 0 atom stereocenters. The number of carbonyl (C=O) groups is 1. The van der Waals surface area contributed by atoms with Crippen molar-refractivity contribution in [3.63, 3.8) is 0 Å². The highest BCUT2D eigenvalue weighted by Crippen LogP contribution is 2.13. The molecule has 112 valence electrons. The van der Waals surface area contributed by atoms with Gasteiger partial charge in [-0.1, -0.05) is 32.0 Å². The van der Waals surface area contributed by atoms with Crippen molar-refractivity contribution in [3.8, 4) is 0 Å². The van der Waals surface area contributed by atoms with Gasteiger partial charge in [0.1, 0.15) is 12.4 Å². The number of amides is 1. The van der Waals surface area contributed by atoms with Crippen LogP contribution in [0.5, 0.6) is 0 Å². The van der Waals surface area contributed by atoms with Crippen LogP contribution in [0.2, 0.25) is 0 Å². The Kier molecular flexibility index (Phi) is 5.11. The molecule has 0 fully saturated rings. The molecule has 0 radical (unpaired) electrons. The summed E-state index contributed by atoms with van der Waals surface area (Å²) in [5.41, 5.74) is 1.91. The highest BCUT2D eigenvalue weighted by atomic mass is 16.1. The first-order valence-electron chi connectivity index (χ1n) is 7.15. The maximum absolute atomic E-state index is 12.1. The molecule has 21 heavy (non-hydrogen) atoms. The van der Waals surface area contributed by atoms with Crippen LogP contribution in [0.4, 0.5) is 5.69 Å². The van der Waals surface area contributed by atoms with Gasteiger partial charge in [0.2, 0.25) is 5.91 Å². The number of benzene rings is 1. The normalized spacial score (nSPS) is 10.9. The van der Waals surface area contributed by atoms with E-state index >= 15 is 0 Å². The standard InChI is InChI=1S/C16H22N4O/c1-12(2)18-10-15-17-8-9-20(15)11-16(21)19-14-7-5-4-6-13(14)3/h4-9,12,18H,10-11H2,1-3H3,(H,19,21). The molecule has 5 heteroatoms. The van der Waals surface area contributed by atoms with E-state index in [1.54, 1.807) is 6.20 Å². The van der Waals surface area contributed by atoms with Gasteiger partial charge in [-0.3, -0.25) is 4.79 Å². The van der Waals surface area contributed by atoms with Crippen LogP contribution in [0.3, 0.4) is 0 Å². The molecule has 0 spiro atoms. The van der Waals surface area contributed by atoms with Gasteiger partial charge >= 0.3 is 0 Å². The van der Waals surface area contributed by atoms with Crippen LogP contribution in [-0.2, 0) is 17.9 Å². The molecule has 0 aliphatic carbocycles. The third kappa shape index (κ3) is 4.43. The summed E-state index contributed by atoms with van der Waals surface area (Å²) in [5.74, 6) is 0.816. The number of rotatable bonds is 6. The van der Waals surface area contributed by atoms with Crippen LogP contribution in [0.25, 0.3) is 0 Å². The summed E-state index contributed by atoms with van der Waals surface area (Å²) < 4.78 is 1.86. The number of anilines is 1. The zero-order valence-electron chi connectivity index (χ0n) is 12.8. The Morgan fingerprint density at radius 1 is 1.33 bits per heavy atom. The summed E-state index contributed by atoms with van der Waals surface area (Å²) in [6.45, 7) is 7.06. The van der Waals surface area contributed by atoms with Crippen molar-refractivity contribution in [2.24, 2.45) is 0 Å². The molecule has 1 heterocycles. The Hall–Kier alpha value is -2.14. The van der Waals surface area contributed by atoms with E-state index in [2.05, 4.69) is 29.5 Å². The Bertz CT molecular complexity index is 604. The molecule has 0 aliphatic rings. The van der Waals surface area contributed by atoms with Crippen molar-refractivity contribution in [1.82, 2.24) is 14.9 Å². The van der Waals surface area contributed by atoms with Gasteiger partial charge in [0, 0.05) is 24.1 Å². The molecule has 1 aromatic heterocycles. The van der Waals surface area contributed by atoms with Crippen molar-refractivity contribution in [2.75, 3.05) is 5.32 Å². The lowest BCUT2D eigenvalue weighted by atomic mass is 10.2. The lowest BCUT2D eigenvalue weighted by Crippen LogP contribution is -2.26. The third-order valence-electron chi connectivity index (χ3n) is 3.20. The molecule has 1 aromatic carbocycles. The van der Waals surface area contributed by atoms with Crippen LogP contribution in [0.1, 0.15) is 25.2 Å². The number of hydrogen-bond acceptors (Lipinski definition) is 3. The van der Waals surface area contributed by atoms with Crippen molar-refractivity contribution in [2.45, 2.75) is 39.9 Å². The first-order chi connectivity index (χ1) is 10.1. The number of hydrogen-bond donors (Lipinski definition) is 2. The third-order valence-corrected chi connectivity index (χ3v) is 3.20. The summed E-state index contributed by atoms with van der Waals surface area (Å²) in [4.78, 5) is 16.4. The lowest BCUT2D eigenvalue weighted by molar-refractivity contribution is -0.116. The molecular formula is C16H22N4O. The quantitative estimate of drug-likeness (QED) is 0.857. The van der Waals surface area contributed by atoms with E-state index in [4.69, 9.17) is 0 Å². The molecule has 2 aromatic rings. The van der Waals surface area contributed by atoms with Gasteiger partial charge in [0.15, 0.2) is 0 Å². The Morgan fingerprint density at radius 3 is 2.81 bits per heavy atom. The number of aryl methyl sites for hydroxylation is 1. The van der Waals surface area contributed by atoms with Crippen LogP contribution < -0.4 is 10.6 Å². The molecule has 5 nitrogen and oxygen atoms in total. The monoisotopic (exact) mass is 286 g/mol. The van der Waals surface area contributed by atoms with E-state index in [1.165, 1.54) is 0 Å². The smallest absolute Gasteiger partial charge is 0.244 e. The van der Waals surface area contributed by atoms with Crippen molar-refractivity contribution >= 4 is 11.6 Å². The number of imidazole rings is 1. The summed E-state index contributed by atoms with van der Waals surface area (Å²) >= 11 is 0. The number of nitrogens with zero attached hydrogens (tertiary/aromatic N) is 2. The molecule has 1 amide bonds. The second-order valence-corrected chi connectivity index (χ2v) is 5.37. The molecule has 2 rings (SSSR count). The number of para-hydroxylation sites is 1. The maximum atomic E-state index is 12.1. The van der Waals surface area contributed by atoms with Gasteiger partial charge in [-0.05, 0) is 18.6 Å². The molecule has 0 saturated heterocycles. The number of carbonyl (C=O) groups excluding carboxylic acids is 1. The van der Waals surface area contributed by atoms with E-state index in [0.29, 0.717) is 12.6 Å². The zero-order chi connectivity index (χ0) is 15.2. The highest BCUT2D eigenvalue weighted by Gasteiger charge is 2.09. The highest BCUT2D eigenvalue weighted by molar-refractivity contribution is 5.91. The number of aromatic nitrogens is 2. The van der Waals surface area contributed by atoms with Crippen LogP contribution >= 0.6 is 0 Å². The molecule has 0 bridgehead atoms. The molecule has 2 N–H and O–H groups in total. The zero-order valence-corrected chi connectivity index (χ0v) is 12.8. The maximum Gasteiger partial charge on any atom is 0.244 e. The number of nitrogens with one attached hydrogen (secondary N) is 2. The topological polar surface area (TPSA) is 59.0 Å². The Morgan fingerprint density at radius 2 is 2.10 bits per heavy atom. The lowest BCUT2D eigenvalue weighted by Gasteiger charge is -2.12. The predicted octanol–water partition coefficient (Wildman–Crippen LogP) is 2.33. The van der Waals surface area contributed by atoms with Gasteiger partial charge in [-0.25, -0.2) is 4.98 Å². The van der Waals surface area contributed by atoms with E-state index in [0.717, 1.165) is 17.1 Å². The first-order valence-corrected chi connectivity index (χ1v) is 7.15. The van der Waals surface area contributed by atoms with E-state index in [9.17, 15) is 4.79 Å². The fourth-order valence-electron chi connectivity index (χ4n) is 2.00. The summed E-state index contributed by atoms with van der Waals surface area (Å²) in [5, 5.41) is 6.24. The summed E-state index contributed by atoms with van der Waals surface area (Å²) in [6.07, 6.45) is 3.55. The summed E-state index contributed by atoms with van der Waals surface area (Å²) in [6, 6.07) is 8.14. The molecular weight excluding hydrogens is 264 g/mol. The van der Waals surface area contributed by atoms with E-state index < -0.39 is 0 Å². The second-order valence-electron chi connectivity index (χ2n) is 5.37.